The standard InChI is InChI=1S/C20H20N2O4/c1-24-15-8-9-16(17(12-15)25-2)18-13-21-20(26-18)11-10-19(23)22-14-6-4-3-5-7-14/h3-9,12-13H,10-11H2,1-2H3,(H,22,23). The Hall–Kier alpha value is -3.28. The molecule has 1 aromatic heterocycles. The molecule has 26 heavy (non-hydrogen) atoms. The van der Waals surface area contributed by atoms with Crippen LogP contribution >= 0.6 is 0 Å². The van der Waals surface area contributed by atoms with Crippen molar-refractivity contribution in [1.29, 1.82) is 0 Å². The van der Waals surface area contributed by atoms with Crippen LogP contribution in [0, 0.1) is 0 Å². The van der Waals surface area contributed by atoms with E-state index in [0.717, 1.165) is 11.3 Å². The van der Waals surface area contributed by atoms with Crippen LogP contribution in [0.4, 0.5) is 5.69 Å². The van der Waals surface area contributed by atoms with Crippen molar-refractivity contribution in [3.8, 4) is 22.8 Å². The van der Waals surface area contributed by atoms with Gasteiger partial charge in [-0.1, -0.05) is 18.2 Å². The van der Waals surface area contributed by atoms with E-state index in [9.17, 15) is 4.79 Å². The number of nitrogens with one attached hydrogen (secondary N) is 1. The summed E-state index contributed by atoms with van der Waals surface area (Å²) in [6.07, 6.45) is 2.33. The number of benzene rings is 2. The molecular weight excluding hydrogens is 332 g/mol. The Labute approximate surface area is 151 Å². The van der Waals surface area contributed by atoms with E-state index in [1.54, 1.807) is 26.5 Å². The van der Waals surface area contributed by atoms with E-state index in [2.05, 4.69) is 10.3 Å². The lowest BCUT2D eigenvalue weighted by atomic mass is 10.1. The first-order valence-corrected chi connectivity index (χ1v) is 8.21. The second-order valence-corrected chi connectivity index (χ2v) is 5.60. The van der Waals surface area contributed by atoms with Crippen LogP contribution in [0.3, 0.4) is 0 Å². The molecule has 0 radical (unpaired) electrons. The third-order valence-electron chi connectivity index (χ3n) is 3.85. The molecular formula is C20H20N2O4. The summed E-state index contributed by atoms with van der Waals surface area (Å²) >= 11 is 0. The van der Waals surface area contributed by atoms with Crippen LogP contribution in [0.1, 0.15) is 12.3 Å². The highest BCUT2D eigenvalue weighted by Gasteiger charge is 2.13. The van der Waals surface area contributed by atoms with Crippen LogP contribution in [-0.4, -0.2) is 25.1 Å². The lowest BCUT2D eigenvalue weighted by molar-refractivity contribution is -0.116. The number of oxazole rings is 1. The van der Waals surface area contributed by atoms with Crippen molar-refractivity contribution < 1.29 is 18.7 Å². The fourth-order valence-electron chi connectivity index (χ4n) is 2.52. The van der Waals surface area contributed by atoms with Gasteiger partial charge in [0.05, 0.1) is 26.0 Å². The molecule has 0 fully saturated rings. The molecule has 0 spiro atoms. The highest BCUT2D eigenvalue weighted by Crippen LogP contribution is 2.33. The van der Waals surface area contributed by atoms with Gasteiger partial charge in [0.15, 0.2) is 11.7 Å². The number of hydrogen-bond donors (Lipinski definition) is 1. The quantitative estimate of drug-likeness (QED) is 0.697. The molecule has 6 heteroatoms. The van der Waals surface area contributed by atoms with Gasteiger partial charge >= 0.3 is 0 Å². The minimum absolute atomic E-state index is 0.0852. The Morgan fingerprint density at radius 2 is 1.92 bits per heavy atom. The van der Waals surface area contributed by atoms with Crippen LogP contribution in [0.5, 0.6) is 11.5 Å². The van der Waals surface area contributed by atoms with Gasteiger partial charge in [0.1, 0.15) is 11.5 Å². The van der Waals surface area contributed by atoms with E-state index in [1.807, 2.05) is 42.5 Å². The summed E-state index contributed by atoms with van der Waals surface area (Å²) in [5.41, 5.74) is 1.55. The first-order chi connectivity index (χ1) is 12.7. The highest BCUT2D eigenvalue weighted by atomic mass is 16.5. The van der Waals surface area contributed by atoms with Crippen molar-refractivity contribution >= 4 is 11.6 Å². The molecule has 0 bridgehead atoms. The van der Waals surface area contributed by atoms with Gasteiger partial charge < -0.3 is 19.2 Å². The van der Waals surface area contributed by atoms with Crippen molar-refractivity contribution in [2.45, 2.75) is 12.8 Å². The predicted octanol–water partition coefficient (Wildman–Crippen LogP) is 3.93. The van der Waals surface area contributed by atoms with Crippen molar-refractivity contribution in [3.63, 3.8) is 0 Å². The number of methoxy groups -OCH3 is 2. The lowest BCUT2D eigenvalue weighted by Crippen LogP contribution is -2.12. The summed E-state index contributed by atoms with van der Waals surface area (Å²) in [7, 11) is 3.19. The number of carbonyl (C=O) groups is 1. The summed E-state index contributed by atoms with van der Waals surface area (Å²) in [6, 6.07) is 14.8. The average molecular weight is 352 g/mol. The Morgan fingerprint density at radius 1 is 1.12 bits per heavy atom. The summed E-state index contributed by atoms with van der Waals surface area (Å²) in [5, 5.41) is 2.84. The molecule has 6 nitrogen and oxygen atoms in total. The van der Waals surface area contributed by atoms with Gasteiger partial charge in [0.2, 0.25) is 5.91 Å². The fourth-order valence-corrected chi connectivity index (χ4v) is 2.52. The minimum atomic E-state index is -0.0852. The zero-order valence-corrected chi connectivity index (χ0v) is 14.7. The van der Waals surface area contributed by atoms with Crippen molar-refractivity contribution in [2.24, 2.45) is 0 Å². The molecule has 134 valence electrons. The van der Waals surface area contributed by atoms with E-state index >= 15 is 0 Å². The van der Waals surface area contributed by atoms with Crippen LogP contribution < -0.4 is 14.8 Å². The number of carbonyl (C=O) groups excluding carboxylic acids is 1. The number of amides is 1. The smallest absolute Gasteiger partial charge is 0.224 e. The molecule has 1 heterocycles. The summed E-state index contributed by atoms with van der Waals surface area (Å²) < 4.78 is 16.4. The molecule has 0 aliphatic carbocycles. The van der Waals surface area contributed by atoms with Crippen molar-refractivity contribution in [2.75, 3.05) is 19.5 Å². The van der Waals surface area contributed by atoms with E-state index in [0.29, 0.717) is 29.6 Å². The maximum atomic E-state index is 12.0. The maximum absolute atomic E-state index is 12.0. The molecule has 0 unspecified atom stereocenters. The number of hydrogen-bond acceptors (Lipinski definition) is 5. The van der Waals surface area contributed by atoms with Crippen LogP contribution in [0.15, 0.2) is 59.1 Å². The van der Waals surface area contributed by atoms with Gasteiger partial charge in [-0.25, -0.2) is 4.98 Å². The normalized spacial score (nSPS) is 10.4. The van der Waals surface area contributed by atoms with E-state index < -0.39 is 0 Å². The lowest BCUT2D eigenvalue weighted by Gasteiger charge is -2.08. The topological polar surface area (TPSA) is 73.6 Å². The number of ether oxygens (including phenoxy) is 2. The molecule has 0 aliphatic heterocycles. The van der Waals surface area contributed by atoms with E-state index in [1.165, 1.54) is 0 Å². The summed E-state index contributed by atoms with van der Waals surface area (Å²) in [6.45, 7) is 0. The maximum Gasteiger partial charge on any atom is 0.224 e. The van der Waals surface area contributed by atoms with Gasteiger partial charge in [-0.15, -0.1) is 0 Å². The number of anilines is 1. The zero-order chi connectivity index (χ0) is 18.4. The number of aromatic nitrogens is 1. The van der Waals surface area contributed by atoms with Gasteiger partial charge in [0.25, 0.3) is 0 Å². The van der Waals surface area contributed by atoms with Crippen LogP contribution in [0.25, 0.3) is 11.3 Å². The number of para-hydroxylation sites is 1. The van der Waals surface area contributed by atoms with Crippen molar-refractivity contribution in [3.05, 3.63) is 60.6 Å². The minimum Gasteiger partial charge on any atom is -0.497 e. The number of rotatable bonds is 7. The number of aryl methyl sites for hydroxylation is 1. The predicted molar refractivity (Wildman–Crippen MR) is 98.4 cm³/mol. The largest absolute Gasteiger partial charge is 0.497 e. The Bertz CT molecular complexity index is 875. The summed E-state index contributed by atoms with van der Waals surface area (Å²) in [5.74, 6) is 2.33. The molecule has 0 saturated heterocycles. The first kappa shape index (κ1) is 17.5. The molecule has 3 rings (SSSR count). The second kappa shape index (κ2) is 8.20. The Kier molecular flexibility index (Phi) is 5.53. The third kappa shape index (κ3) is 4.22. The van der Waals surface area contributed by atoms with Gasteiger partial charge in [0, 0.05) is 24.6 Å². The van der Waals surface area contributed by atoms with Crippen LogP contribution in [0.2, 0.25) is 0 Å². The molecule has 0 saturated carbocycles. The molecule has 1 amide bonds. The van der Waals surface area contributed by atoms with E-state index in [4.69, 9.17) is 13.9 Å². The number of nitrogens with zero attached hydrogens (tertiary/aromatic N) is 1. The average Bonchev–Trinajstić information content (AvgIpc) is 3.15. The Morgan fingerprint density at radius 3 is 2.65 bits per heavy atom. The first-order valence-electron chi connectivity index (χ1n) is 8.21. The zero-order valence-electron chi connectivity index (χ0n) is 14.7. The summed E-state index contributed by atoms with van der Waals surface area (Å²) in [4.78, 5) is 16.3. The Balaban J connectivity index is 1.64. The molecule has 0 aliphatic rings. The highest BCUT2D eigenvalue weighted by molar-refractivity contribution is 5.90. The van der Waals surface area contributed by atoms with Crippen LogP contribution in [-0.2, 0) is 11.2 Å². The van der Waals surface area contributed by atoms with Crippen molar-refractivity contribution in [1.82, 2.24) is 4.98 Å². The second-order valence-electron chi connectivity index (χ2n) is 5.60. The molecule has 0 atom stereocenters. The monoisotopic (exact) mass is 352 g/mol. The van der Waals surface area contributed by atoms with E-state index in [-0.39, 0.29) is 12.3 Å². The molecule has 3 aromatic rings. The third-order valence-corrected chi connectivity index (χ3v) is 3.85. The van der Waals surface area contributed by atoms with Gasteiger partial charge in [-0.3, -0.25) is 4.79 Å². The van der Waals surface area contributed by atoms with Gasteiger partial charge in [-0.2, -0.15) is 0 Å². The molecule has 2 aromatic carbocycles. The SMILES string of the molecule is COc1ccc(-c2cnc(CCC(=O)Nc3ccccc3)o2)c(OC)c1. The fraction of sp³-hybridized carbons (Fsp3) is 0.200. The van der Waals surface area contributed by atoms with Gasteiger partial charge in [-0.05, 0) is 24.3 Å². The molecule has 1 N–H and O–H groups in total.